The summed E-state index contributed by atoms with van der Waals surface area (Å²) >= 11 is 0. The van der Waals surface area contributed by atoms with Crippen LogP contribution in [0.3, 0.4) is 0 Å². The standard InChI is InChI=1S/C16H19NO3/c1-11(2)20-14-7-5-4-6-13(14)16(18)12-8-9-15(19-3)17-10-12/h4-11,16,18H,1-3H3. The van der Waals surface area contributed by atoms with Gasteiger partial charge in [0.1, 0.15) is 11.9 Å². The molecule has 4 heteroatoms. The van der Waals surface area contributed by atoms with Crippen molar-refractivity contribution in [3.05, 3.63) is 53.7 Å². The number of para-hydroxylation sites is 1. The molecule has 0 saturated carbocycles. The molecule has 106 valence electrons. The summed E-state index contributed by atoms with van der Waals surface area (Å²) in [5.41, 5.74) is 1.43. The van der Waals surface area contributed by atoms with Gasteiger partial charge in [-0.2, -0.15) is 0 Å². The normalized spacial score (nSPS) is 12.2. The number of rotatable bonds is 5. The van der Waals surface area contributed by atoms with Gasteiger partial charge in [-0.25, -0.2) is 4.98 Å². The highest BCUT2D eigenvalue weighted by atomic mass is 16.5. The Labute approximate surface area is 119 Å². The summed E-state index contributed by atoms with van der Waals surface area (Å²) in [4.78, 5) is 4.11. The molecule has 0 saturated heterocycles. The van der Waals surface area contributed by atoms with Crippen LogP contribution in [-0.4, -0.2) is 23.3 Å². The van der Waals surface area contributed by atoms with E-state index in [-0.39, 0.29) is 6.10 Å². The van der Waals surface area contributed by atoms with Crippen molar-refractivity contribution in [3.63, 3.8) is 0 Å². The summed E-state index contributed by atoms with van der Waals surface area (Å²) < 4.78 is 10.7. The number of aliphatic hydroxyl groups is 1. The summed E-state index contributed by atoms with van der Waals surface area (Å²) in [5, 5.41) is 10.5. The lowest BCUT2D eigenvalue weighted by atomic mass is 10.0. The monoisotopic (exact) mass is 273 g/mol. The van der Waals surface area contributed by atoms with Crippen molar-refractivity contribution in [3.8, 4) is 11.6 Å². The number of nitrogens with zero attached hydrogens (tertiary/aromatic N) is 1. The SMILES string of the molecule is COc1ccc(C(O)c2ccccc2OC(C)C)cn1. The third-order valence-corrected chi connectivity index (χ3v) is 2.86. The molecule has 2 rings (SSSR count). The second kappa shape index (κ2) is 6.39. The van der Waals surface area contributed by atoms with Gasteiger partial charge in [0.15, 0.2) is 0 Å². The number of aliphatic hydroxyl groups excluding tert-OH is 1. The average molecular weight is 273 g/mol. The lowest BCUT2D eigenvalue weighted by Crippen LogP contribution is -2.10. The van der Waals surface area contributed by atoms with Crippen molar-refractivity contribution in [1.82, 2.24) is 4.98 Å². The third kappa shape index (κ3) is 3.27. The van der Waals surface area contributed by atoms with Crippen LogP contribution in [0.2, 0.25) is 0 Å². The minimum atomic E-state index is -0.775. The van der Waals surface area contributed by atoms with Gasteiger partial charge in [-0.15, -0.1) is 0 Å². The fraction of sp³-hybridized carbons (Fsp3) is 0.312. The summed E-state index contributed by atoms with van der Waals surface area (Å²) in [5.74, 6) is 1.21. The number of pyridine rings is 1. The van der Waals surface area contributed by atoms with E-state index in [4.69, 9.17) is 9.47 Å². The van der Waals surface area contributed by atoms with E-state index >= 15 is 0 Å². The Bertz CT molecular complexity index is 552. The van der Waals surface area contributed by atoms with E-state index in [0.717, 1.165) is 5.56 Å². The second-order valence-electron chi connectivity index (χ2n) is 4.74. The van der Waals surface area contributed by atoms with Crippen LogP contribution < -0.4 is 9.47 Å². The van der Waals surface area contributed by atoms with Crippen molar-refractivity contribution in [2.45, 2.75) is 26.1 Å². The van der Waals surface area contributed by atoms with Crippen molar-refractivity contribution in [2.24, 2.45) is 0 Å². The molecule has 0 amide bonds. The first kappa shape index (κ1) is 14.3. The molecule has 1 aromatic carbocycles. The molecule has 0 aliphatic carbocycles. The molecule has 4 nitrogen and oxygen atoms in total. The zero-order chi connectivity index (χ0) is 14.5. The number of methoxy groups -OCH3 is 1. The topological polar surface area (TPSA) is 51.6 Å². The van der Waals surface area contributed by atoms with Crippen LogP contribution in [0.25, 0.3) is 0 Å². The molecular weight excluding hydrogens is 254 g/mol. The van der Waals surface area contributed by atoms with E-state index in [2.05, 4.69) is 4.98 Å². The summed E-state index contributed by atoms with van der Waals surface area (Å²) in [6.07, 6.45) is 0.885. The maximum Gasteiger partial charge on any atom is 0.212 e. The molecule has 0 fully saturated rings. The summed E-state index contributed by atoms with van der Waals surface area (Å²) in [7, 11) is 1.56. The maximum absolute atomic E-state index is 10.5. The zero-order valence-electron chi connectivity index (χ0n) is 11.9. The average Bonchev–Trinajstić information content (AvgIpc) is 2.46. The molecule has 1 atom stereocenters. The van der Waals surface area contributed by atoms with Crippen LogP contribution in [0.5, 0.6) is 11.6 Å². The summed E-state index contributed by atoms with van der Waals surface area (Å²) in [6, 6.07) is 11.0. The van der Waals surface area contributed by atoms with Gasteiger partial charge in [0.05, 0.1) is 13.2 Å². The number of hydrogen-bond donors (Lipinski definition) is 1. The predicted molar refractivity (Wildman–Crippen MR) is 77.1 cm³/mol. The van der Waals surface area contributed by atoms with E-state index in [0.29, 0.717) is 17.2 Å². The Kier molecular flexibility index (Phi) is 4.58. The Morgan fingerprint density at radius 1 is 1.10 bits per heavy atom. The highest BCUT2D eigenvalue weighted by molar-refractivity contribution is 5.40. The van der Waals surface area contributed by atoms with Gasteiger partial charge >= 0.3 is 0 Å². The first-order chi connectivity index (χ1) is 9.61. The highest BCUT2D eigenvalue weighted by Gasteiger charge is 2.16. The molecule has 0 bridgehead atoms. The molecule has 1 unspecified atom stereocenters. The quantitative estimate of drug-likeness (QED) is 0.910. The molecule has 20 heavy (non-hydrogen) atoms. The largest absolute Gasteiger partial charge is 0.491 e. The van der Waals surface area contributed by atoms with E-state index in [1.165, 1.54) is 0 Å². The Hall–Kier alpha value is -2.07. The maximum atomic E-state index is 10.5. The fourth-order valence-corrected chi connectivity index (χ4v) is 1.92. The van der Waals surface area contributed by atoms with Gasteiger partial charge in [-0.3, -0.25) is 0 Å². The van der Waals surface area contributed by atoms with Gasteiger partial charge in [-0.1, -0.05) is 18.2 Å². The summed E-state index contributed by atoms with van der Waals surface area (Å²) in [6.45, 7) is 3.91. The van der Waals surface area contributed by atoms with Crippen LogP contribution in [0.4, 0.5) is 0 Å². The molecular formula is C16H19NO3. The fourth-order valence-electron chi connectivity index (χ4n) is 1.92. The lowest BCUT2D eigenvalue weighted by molar-refractivity contribution is 0.197. The molecule has 0 aliphatic heterocycles. The highest BCUT2D eigenvalue weighted by Crippen LogP contribution is 2.30. The van der Waals surface area contributed by atoms with Crippen LogP contribution in [0, 0.1) is 0 Å². The van der Waals surface area contributed by atoms with E-state index in [9.17, 15) is 5.11 Å². The Balaban J connectivity index is 2.29. The number of benzene rings is 1. The van der Waals surface area contributed by atoms with Crippen molar-refractivity contribution in [1.29, 1.82) is 0 Å². The van der Waals surface area contributed by atoms with Crippen LogP contribution in [0.1, 0.15) is 31.1 Å². The molecule has 0 spiro atoms. The van der Waals surface area contributed by atoms with Gasteiger partial charge in [-0.05, 0) is 26.0 Å². The van der Waals surface area contributed by atoms with Crippen LogP contribution in [0.15, 0.2) is 42.6 Å². The molecule has 0 aliphatic rings. The van der Waals surface area contributed by atoms with E-state index in [1.807, 2.05) is 38.1 Å². The third-order valence-electron chi connectivity index (χ3n) is 2.86. The number of hydrogen-bond acceptors (Lipinski definition) is 4. The van der Waals surface area contributed by atoms with E-state index < -0.39 is 6.10 Å². The minimum Gasteiger partial charge on any atom is -0.491 e. The zero-order valence-corrected chi connectivity index (χ0v) is 11.9. The first-order valence-electron chi connectivity index (χ1n) is 6.55. The first-order valence-corrected chi connectivity index (χ1v) is 6.55. The number of aromatic nitrogens is 1. The Morgan fingerprint density at radius 2 is 1.85 bits per heavy atom. The van der Waals surface area contributed by atoms with Crippen molar-refractivity contribution >= 4 is 0 Å². The van der Waals surface area contributed by atoms with Crippen LogP contribution in [-0.2, 0) is 0 Å². The predicted octanol–water partition coefficient (Wildman–Crippen LogP) is 2.96. The van der Waals surface area contributed by atoms with Gasteiger partial charge < -0.3 is 14.6 Å². The van der Waals surface area contributed by atoms with Crippen molar-refractivity contribution < 1.29 is 14.6 Å². The number of ether oxygens (including phenoxy) is 2. The molecule has 2 aromatic rings. The molecule has 1 N–H and O–H groups in total. The molecule has 0 radical (unpaired) electrons. The van der Waals surface area contributed by atoms with Crippen LogP contribution >= 0.6 is 0 Å². The van der Waals surface area contributed by atoms with Crippen molar-refractivity contribution in [2.75, 3.05) is 7.11 Å². The molecule has 1 heterocycles. The van der Waals surface area contributed by atoms with E-state index in [1.54, 1.807) is 25.4 Å². The minimum absolute atomic E-state index is 0.0531. The van der Waals surface area contributed by atoms with Gasteiger partial charge in [0, 0.05) is 23.4 Å². The Morgan fingerprint density at radius 3 is 2.45 bits per heavy atom. The second-order valence-corrected chi connectivity index (χ2v) is 4.74. The smallest absolute Gasteiger partial charge is 0.212 e. The lowest BCUT2D eigenvalue weighted by Gasteiger charge is -2.18. The molecule has 1 aromatic heterocycles. The van der Waals surface area contributed by atoms with Gasteiger partial charge in [0.2, 0.25) is 5.88 Å². The van der Waals surface area contributed by atoms with Gasteiger partial charge in [0.25, 0.3) is 0 Å².